The van der Waals surface area contributed by atoms with Gasteiger partial charge in [-0.2, -0.15) is 0 Å². The van der Waals surface area contributed by atoms with E-state index in [4.69, 9.17) is 14.7 Å². The van der Waals surface area contributed by atoms with Gasteiger partial charge in [0.15, 0.2) is 6.61 Å². The summed E-state index contributed by atoms with van der Waals surface area (Å²) in [5.74, 6) is -0.423. The van der Waals surface area contributed by atoms with Crippen LogP contribution in [-0.4, -0.2) is 17.7 Å². The number of carbonyl (C=O) groups is 1. The molecule has 3 aromatic carbocycles. The number of ether oxygens (including phenoxy) is 1. The van der Waals surface area contributed by atoms with Gasteiger partial charge in [-0.15, -0.1) is 0 Å². The molecule has 0 aliphatic rings. The summed E-state index contributed by atoms with van der Waals surface area (Å²) in [5, 5.41) is 8.70. The first-order valence-corrected chi connectivity index (χ1v) is 9.82. The second-order valence-electron chi connectivity index (χ2n) is 6.71. The van der Waals surface area contributed by atoms with E-state index < -0.39 is 5.97 Å². The fraction of sp³-hybridized carbons (Fsp3) is 0.160. The van der Waals surface area contributed by atoms with Crippen LogP contribution in [0.4, 0.5) is 0 Å². The van der Waals surface area contributed by atoms with Crippen LogP contribution < -0.4 is 10.2 Å². The molecule has 2 N–H and O–H groups in total. The standard InChI is InChI=1S/C25H25NO4/c27-24(28)19-29-23-16-9-11-20(18-23)10-7-8-17-26-30-25(21-12-3-1-4-13-21)22-14-5-2-6-15-22/h1-6,8-9,11-18,25-26H,7,10,19H2,(H,27,28). The topological polar surface area (TPSA) is 67.8 Å². The zero-order valence-corrected chi connectivity index (χ0v) is 16.6. The number of carboxylic acid groups (broad SMARTS) is 1. The van der Waals surface area contributed by atoms with Gasteiger partial charge in [0.2, 0.25) is 0 Å². The quantitative estimate of drug-likeness (QED) is 0.446. The van der Waals surface area contributed by atoms with Gasteiger partial charge in [0.1, 0.15) is 11.9 Å². The number of carboxylic acids is 1. The van der Waals surface area contributed by atoms with E-state index in [-0.39, 0.29) is 12.7 Å². The number of benzene rings is 3. The summed E-state index contributed by atoms with van der Waals surface area (Å²) in [6, 6.07) is 27.6. The Bertz CT molecular complexity index is 902. The fourth-order valence-corrected chi connectivity index (χ4v) is 3.01. The van der Waals surface area contributed by atoms with E-state index in [9.17, 15) is 4.79 Å². The van der Waals surface area contributed by atoms with Crippen LogP contribution in [0.25, 0.3) is 0 Å². The Balaban J connectivity index is 1.50. The molecule has 0 unspecified atom stereocenters. The predicted molar refractivity (Wildman–Crippen MR) is 116 cm³/mol. The van der Waals surface area contributed by atoms with Crippen molar-refractivity contribution in [2.75, 3.05) is 6.61 Å². The first kappa shape index (κ1) is 21.1. The van der Waals surface area contributed by atoms with Crippen molar-refractivity contribution in [3.05, 3.63) is 114 Å². The van der Waals surface area contributed by atoms with Gasteiger partial charge in [-0.3, -0.25) is 10.3 Å². The molecule has 0 saturated carbocycles. The molecule has 0 aliphatic carbocycles. The van der Waals surface area contributed by atoms with Crippen LogP contribution in [0.1, 0.15) is 29.2 Å². The van der Waals surface area contributed by atoms with E-state index in [0.29, 0.717) is 5.75 Å². The minimum absolute atomic E-state index is 0.208. The van der Waals surface area contributed by atoms with Crippen LogP contribution in [0.15, 0.2) is 97.2 Å². The number of aryl methyl sites for hydroxylation is 1. The maximum atomic E-state index is 10.6. The van der Waals surface area contributed by atoms with Crippen molar-refractivity contribution >= 4 is 5.97 Å². The highest BCUT2D eigenvalue weighted by Gasteiger charge is 2.14. The predicted octanol–water partition coefficient (Wildman–Crippen LogP) is 4.91. The molecule has 0 saturated heterocycles. The summed E-state index contributed by atoms with van der Waals surface area (Å²) in [6.45, 7) is -0.339. The molecule has 0 aliphatic heterocycles. The van der Waals surface area contributed by atoms with Crippen LogP contribution in [0.2, 0.25) is 0 Å². The van der Waals surface area contributed by atoms with Crippen LogP contribution in [0.5, 0.6) is 5.75 Å². The molecular weight excluding hydrogens is 378 g/mol. The molecule has 5 nitrogen and oxygen atoms in total. The van der Waals surface area contributed by atoms with E-state index in [2.05, 4.69) is 5.48 Å². The summed E-state index contributed by atoms with van der Waals surface area (Å²) in [7, 11) is 0. The number of nitrogens with one attached hydrogen (secondary N) is 1. The Hall–Kier alpha value is -3.57. The lowest BCUT2D eigenvalue weighted by Gasteiger charge is -2.18. The first-order chi connectivity index (χ1) is 14.7. The Kier molecular flexibility index (Phi) is 8.06. The molecule has 0 fully saturated rings. The van der Waals surface area contributed by atoms with Crippen molar-refractivity contribution in [3.8, 4) is 5.75 Å². The maximum absolute atomic E-state index is 10.6. The smallest absolute Gasteiger partial charge is 0.341 e. The summed E-state index contributed by atoms with van der Waals surface area (Å²) >= 11 is 0. The van der Waals surface area contributed by atoms with E-state index in [0.717, 1.165) is 29.5 Å². The molecule has 0 amide bonds. The number of allylic oxidation sites excluding steroid dienone is 1. The van der Waals surface area contributed by atoms with E-state index in [1.54, 1.807) is 12.3 Å². The lowest BCUT2D eigenvalue weighted by Crippen LogP contribution is -2.14. The molecule has 5 heteroatoms. The van der Waals surface area contributed by atoms with Crippen molar-refractivity contribution in [3.63, 3.8) is 0 Å². The molecular formula is C25H25NO4. The van der Waals surface area contributed by atoms with Gasteiger partial charge >= 0.3 is 5.97 Å². The average molecular weight is 403 g/mol. The Labute approximate surface area is 176 Å². The largest absolute Gasteiger partial charge is 0.482 e. The highest BCUT2D eigenvalue weighted by Crippen LogP contribution is 2.24. The third-order valence-electron chi connectivity index (χ3n) is 4.44. The third-order valence-corrected chi connectivity index (χ3v) is 4.44. The molecule has 0 atom stereocenters. The van der Waals surface area contributed by atoms with Crippen LogP contribution in [0.3, 0.4) is 0 Å². The molecule has 0 heterocycles. The van der Waals surface area contributed by atoms with Crippen LogP contribution in [-0.2, 0) is 16.1 Å². The number of rotatable bonds is 11. The van der Waals surface area contributed by atoms with Gasteiger partial charge in [-0.25, -0.2) is 4.79 Å². The normalized spacial score (nSPS) is 11.0. The van der Waals surface area contributed by atoms with Gasteiger partial charge in [0, 0.05) is 6.20 Å². The first-order valence-electron chi connectivity index (χ1n) is 9.82. The highest BCUT2D eigenvalue weighted by atomic mass is 16.7. The van der Waals surface area contributed by atoms with Gasteiger partial charge in [-0.1, -0.05) is 78.9 Å². The summed E-state index contributed by atoms with van der Waals surface area (Å²) in [6.07, 6.45) is 5.20. The van der Waals surface area contributed by atoms with Crippen molar-refractivity contribution in [1.82, 2.24) is 5.48 Å². The van der Waals surface area contributed by atoms with Gasteiger partial charge in [-0.05, 0) is 41.7 Å². The molecule has 0 spiro atoms. The second kappa shape index (κ2) is 11.4. The molecule has 0 aromatic heterocycles. The minimum Gasteiger partial charge on any atom is -0.482 e. The fourth-order valence-electron chi connectivity index (χ4n) is 3.01. The maximum Gasteiger partial charge on any atom is 0.341 e. The number of aliphatic carboxylic acids is 1. The zero-order chi connectivity index (χ0) is 21.0. The summed E-state index contributed by atoms with van der Waals surface area (Å²) in [5.41, 5.74) is 6.17. The molecule has 0 radical (unpaired) electrons. The van der Waals surface area contributed by atoms with Gasteiger partial charge in [0.05, 0.1) is 0 Å². The lowest BCUT2D eigenvalue weighted by molar-refractivity contribution is -0.139. The monoisotopic (exact) mass is 403 g/mol. The molecule has 0 bridgehead atoms. The number of hydrogen-bond acceptors (Lipinski definition) is 4. The van der Waals surface area contributed by atoms with E-state index >= 15 is 0 Å². The number of hydroxylamine groups is 1. The van der Waals surface area contributed by atoms with Crippen molar-refractivity contribution in [2.45, 2.75) is 18.9 Å². The SMILES string of the molecule is O=C(O)COc1cccc(CCC=CNOC(c2ccccc2)c2ccccc2)c1. The lowest BCUT2D eigenvalue weighted by atomic mass is 10.0. The van der Waals surface area contributed by atoms with Crippen LogP contribution >= 0.6 is 0 Å². The highest BCUT2D eigenvalue weighted by molar-refractivity contribution is 5.68. The molecule has 154 valence electrons. The van der Waals surface area contributed by atoms with Gasteiger partial charge < -0.3 is 9.84 Å². The van der Waals surface area contributed by atoms with Crippen LogP contribution in [0, 0.1) is 0 Å². The molecule has 30 heavy (non-hydrogen) atoms. The molecule has 3 rings (SSSR count). The Morgan fingerprint density at radius 3 is 2.23 bits per heavy atom. The van der Waals surface area contributed by atoms with Crippen molar-refractivity contribution < 1.29 is 19.5 Å². The van der Waals surface area contributed by atoms with Crippen molar-refractivity contribution in [1.29, 1.82) is 0 Å². The average Bonchev–Trinajstić information content (AvgIpc) is 2.79. The Morgan fingerprint density at radius 1 is 0.933 bits per heavy atom. The molecule has 3 aromatic rings. The summed E-state index contributed by atoms with van der Waals surface area (Å²) in [4.78, 5) is 16.5. The Morgan fingerprint density at radius 2 is 1.60 bits per heavy atom. The van der Waals surface area contributed by atoms with Crippen molar-refractivity contribution in [2.24, 2.45) is 0 Å². The summed E-state index contributed by atoms with van der Waals surface area (Å²) < 4.78 is 5.21. The minimum atomic E-state index is -0.987. The number of hydrogen-bond donors (Lipinski definition) is 2. The zero-order valence-electron chi connectivity index (χ0n) is 16.6. The van der Waals surface area contributed by atoms with E-state index in [1.165, 1.54) is 0 Å². The van der Waals surface area contributed by atoms with E-state index in [1.807, 2.05) is 84.9 Å². The second-order valence-corrected chi connectivity index (χ2v) is 6.71. The third kappa shape index (κ3) is 6.79. The van der Waals surface area contributed by atoms with Gasteiger partial charge in [0.25, 0.3) is 0 Å².